The van der Waals surface area contributed by atoms with E-state index in [9.17, 15) is 24.3 Å². The SMILES string of the molecule is COC(=O)CC1OC(C)(C)C2=C1CC13CCC4(C)C(=O)C(C)C5C6OC(=O)C(C)C6OC(O1)(C(=O)C3C(O)C2)C54. The zero-order valence-electron chi connectivity index (χ0n) is 23.9. The van der Waals surface area contributed by atoms with Crippen molar-refractivity contribution >= 4 is 23.5 Å². The van der Waals surface area contributed by atoms with Crippen LogP contribution in [0.3, 0.4) is 0 Å². The molecule has 1 saturated carbocycles. The van der Waals surface area contributed by atoms with E-state index in [1.54, 1.807) is 6.92 Å². The lowest BCUT2D eigenvalue weighted by Gasteiger charge is -2.50. The molecule has 12 unspecified atom stereocenters. The fourth-order valence-electron chi connectivity index (χ4n) is 9.79. The number of carbonyl (C=O) groups is 4. The number of ketones is 2. The lowest BCUT2D eigenvalue weighted by molar-refractivity contribution is -0.328. The average molecular weight is 559 g/mol. The van der Waals surface area contributed by atoms with E-state index in [0.29, 0.717) is 12.8 Å². The van der Waals surface area contributed by atoms with Crippen molar-refractivity contribution in [2.75, 3.05) is 7.11 Å². The molecule has 0 aromatic rings. The van der Waals surface area contributed by atoms with Crippen LogP contribution in [0.4, 0.5) is 0 Å². The minimum absolute atomic E-state index is 0.00429. The summed E-state index contributed by atoms with van der Waals surface area (Å²) in [5.41, 5.74) is -1.12. The van der Waals surface area contributed by atoms with Gasteiger partial charge < -0.3 is 28.8 Å². The molecule has 12 atom stereocenters. The Morgan fingerprint density at radius 3 is 2.45 bits per heavy atom. The highest BCUT2D eigenvalue weighted by Crippen LogP contribution is 2.69. The summed E-state index contributed by atoms with van der Waals surface area (Å²) in [6, 6.07) is 0. The standard InChI is InChI=1S/C30H38O10/c1-12-19-22-21(13(2)26(35)37-22)39-30-23(19)28(5,24(12)33)7-8-29(40-30)11-14-15(9-16(31)20(29)25(30)34)27(3,4)38-17(14)10-18(32)36-6/h12-13,16-17,19-23,31H,7-11H2,1-6H3. The van der Waals surface area contributed by atoms with Crippen molar-refractivity contribution in [3.8, 4) is 0 Å². The summed E-state index contributed by atoms with van der Waals surface area (Å²) in [5, 5.41) is 11.8. The predicted octanol–water partition coefficient (Wildman–Crippen LogP) is 2.04. The molecule has 0 aromatic heterocycles. The molecule has 4 saturated heterocycles. The van der Waals surface area contributed by atoms with Gasteiger partial charge in [0.05, 0.1) is 48.8 Å². The van der Waals surface area contributed by atoms with Crippen molar-refractivity contribution in [3.63, 3.8) is 0 Å². The predicted molar refractivity (Wildman–Crippen MR) is 135 cm³/mol. The third kappa shape index (κ3) is 3.03. The molecule has 1 N–H and O–H groups in total. The number of esters is 2. The van der Waals surface area contributed by atoms with E-state index in [0.717, 1.165) is 11.1 Å². The Hall–Kier alpha value is -2.14. The van der Waals surface area contributed by atoms with E-state index in [-0.39, 0.29) is 30.8 Å². The van der Waals surface area contributed by atoms with Gasteiger partial charge >= 0.3 is 11.9 Å². The summed E-state index contributed by atoms with van der Waals surface area (Å²) < 4.78 is 30.7. The van der Waals surface area contributed by atoms with Crippen LogP contribution >= 0.6 is 0 Å². The van der Waals surface area contributed by atoms with E-state index in [1.165, 1.54) is 7.11 Å². The van der Waals surface area contributed by atoms with Gasteiger partial charge in [0.15, 0.2) is 0 Å². The molecule has 0 amide bonds. The van der Waals surface area contributed by atoms with Crippen molar-refractivity contribution in [2.45, 2.75) is 108 Å². The number of hydrogen-bond donors (Lipinski definition) is 1. The second kappa shape index (κ2) is 8.02. The van der Waals surface area contributed by atoms with Crippen LogP contribution in [0.25, 0.3) is 0 Å². The Morgan fingerprint density at radius 1 is 1.02 bits per heavy atom. The summed E-state index contributed by atoms with van der Waals surface area (Å²) >= 11 is 0. The molecule has 2 aliphatic carbocycles. The summed E-state index contributed by atoms with van der Waals surface area (Å²) in [7, 11) is 1.33. The number of aliphatic hydroxyl groups excluding tert-OH is 1. The van der Waals surface area contributed by atoms with Gasteiger partial charge in [-0.1, -0.05) is 13.8 Å². The third-order valence-corrected chi connectivity index (χ3v) is 11.6. The number of Topliss-reactive ketones (excluding diaryl/α,β-unsaturated/α-hetero) is 2. The zero-order valence-corrected chi connectivity index (χ0v) is 23.9. The van der Waals surface area contributed by atoms with Gasteiger partial charge in [0.2, 0.25) is 11.6 Å². The Morgan fingerprint density at radius 2 is 1.75 bits per heavy atom. The van der Waals surface area contributed by atoms with Crippen LogP contribution in [0.2, 0.25) is 0 Å². The van der Waals surface area contributed by atoms with Crippen LogP contribution in [0.1, 0.15) is 66.7 Å². The number of carbonyl (C=O) groups excluding carboxylic acids is 4. The molecule has 5 fully saturated rings. The van der Waals surface area contributed by atoms with Crippen molar-refractivity contribution in [1.82, 2.24) is 0 Å². The minimum Gasteiger partial charge on any atom is -0.469 e. The Labute approximate surface area is 233 Å². The number of aliphatic hydroxyl groups is 1. The number of hydrogen-bond acceptors (Lipinski definition) is 10. The van der Waals surface area contributed by atoms with Gasteiger partial charge in [-0.3, -0.25) is 19.2 Å². The Bertz CT molecular complexity index is 1270. The topological polar surface area (TPSA) is 135 Å². The zero-order chi connectivity index (χ0) is 28.7. The van der Waals surface area contributed by atoms with Crippen molar-refractivity contribution in [3.05, 3.63) is 11.1 Å². The Kier molecular flexibility index (Phi) is 5.36. The molecule has 0 radical (unpaired) electrons. The molecular weight excluding hydrogens is 520 g/mol. The molecular formula is C30H38O10. The Balaban J connectivity index is 1.38. The minimum atomic E-state index is -1.78. The lowest BCUT2D eigenvalue weighted by atomic mass is 9.61. The maximum absolute atomic E-state index is 14.8. The molecule has 10 heteroatoms. The fourth-order valence-corrected chi connectivity index (χ4v) is 9.79. The fraction of sp³-hybridized carbons (Fsp3) is 0.800. The van der Waals surface area contributed by atoms with Crippen LogP contribution in [0, 0.1) is 35.0 Å². The molecule has 5 heterocycles. The number of methoxy groups -OCH3 is 1. The summed E-state index contributed by atoms with van der Waals surface area (Å²) in [6.07, 6.45) is -1.77. The van der Waals surface area contributed by atoms with Crippen LogP contribution in [0.5, 0.6) is 0 Å². The first kappa shape index (κ1) is 26.7. The van der Waals surface area contributed by atoms with Gasteiger partial charge in [-0.15, -0.1) is 0 Å². The normalized spacial score (nSPS) is 51.9. The molecule has 10 nitrogen and oxygen atoms in total. The molecule has 40 heavy (non-hydrogen) atoms. The second-order valence-electron chi connectivity index (χ2n) is 13.9. The second-order valence-corrected chi connectivity index (χ2v) is 13.9. The highest BCUT2D eigenvalue weighted by atomic mass is 16.7. The first-order chi connectivity index (χ1) is 18.7. The lowest BCUT2D eigenvalue weighted by Crippen LogP contribution is -2.63. The molecule has 218 valence electrons. The molecule has 5 aliphatic heterocycles. The van der Waals surface area contributed by atoms with Crippen LogP contribution in [0.15, 0.2) is 11.1 Å². The third-order valence-electron chi connectivity index (χ3n) is 11.6. The first-order valence-electron chi connectivity index (χ1n) is 14.5. The molecule has 7 aliphatic rings. The van der Waals surface area contributed by atoms with Gasteiger partial charge in [-0.25, -0.2) is 0 Å². The van der Waals surface area contributed by atoms with E-state index in [1.807, 2.05) is 27.7 Å². The van der Waals surface area contributed by atoms with Crippen LogP contribution in [-0.4, -0.2) is 77.1 Å². The first-order valence-corrected chi connectivity index (χ1v) is 14.5. The maximum Gasteiger partial charge on any atom is 0.311 e. The summed E-state index contributed by atoms with van der Waals surface area (Å²) in [6.45, 7) is 9.28. The average Bonchev–Trinajstić information content (AvgIpc) is 3.39. The van der Waals surface area contributed by atoms with Gasteiger partial charge in [-0.2, -0.15) is 0 Å². The molecule has 0 aromatic carbocycles. The van der Waals surface area contributed by atoms with E-state index in [2.05, 4.69) is 0 Å². The van der Waals surface area contributed by atoms with E-state index in [4.69, 9.17) is 23.7 Å². The summed E-state index contributed by atoms with van der Waals surface area (Å²) in [5.74, 6) is -5.96. The van der Waals surface area contributed by atoms with Gasteiger partial charge in [0.1, 0.15) is 18.0 Å². The van der Waals surface area contributed by atoms with Crippen molar-refractivity contribution in [2.24, 2.45) is 35.0 Å². The van der Waals surface area contributed by atoms with E-state index < -0.39 is 88.3 Å². The van der Waals surface area contributed by atoms with E-state index >= 15 is 0 Å². The largest absolute Gasteiger partial charge is 0.469 e. The number of ether oxygens (including phenoxy) is 5. The smallest absolute Gasteiger partial charge is 0.311 e. The highest BCUT2D eigenvalue weighted by Gasteiger charge is 2.81. The summed E-state index contributed by atoms with van der Waals surface area (Å²) in [4.78, 5) is 53.8. The van der Waals surface area contributed by atoms with Crippen molar-refractivity contribution in [1.29, 1.82) is 0 Å². The van der Waals surface area contributed by atoms with Gasteiger partial charge in [0.25, 0.3) is 0 Å². The number of rotatable bonds is 2. The van der Waals surface area contributed by atoms with Gasteiger partial charge in [-0.05, 0) is 51.2 Å². The quantitative estimate of drug-likeness (QED) is 0.396. The monoisotopic (exact) mass is 558 g/mol. The van der Waals surface area contributed by atoms with Gasteiger partial charge in [0, 0.05) is 29.6 Å². The molecule has 7 rings (SSSR count). The molecule has 2 spiro atoms. The highest BCUT2D eigenvalue weighted by molar-refractivity contribution is 5.97. The van der Waals surface area contributed by atoms with Crippen LogP contribution in [-0.2, 0) is 42.9 Å². The van der Waals surface area contributed by atoms with Crippen LogP contribution < -0.4 is 0 Å². The maximum atomic E-state index is 14.8. The van der Waals surface area contributed by atoms with Crippen molar-refractivity contribution < 1.29 is 48.0 Å². The molecule has 2 bridgehead atoms. The number of fused-ring (bicyclic) bond motifs is 2.